The zero-order valence-electron chi connectivity index (χ0n) is 10.3. The van der Waals surface area contributed by atoms with Crippen LogP contribution in [0.1, 0.15) is 40.5 Å². The number of rotatable bonds is 6. The highest BCUT2D eigenvalue weighted by atomic mass is 28.4. The van der Waals surface area contributed by atoms with Gasteiger partial charge in [0.2, 0.25) is 0 Å². The monoisotopic (exact) mass is 220 g/mol. The van der Waals surface area contributed by atoms with Crippen molar-refractivity contribution in [3.05, 3.63) is 0 Å². The first-order valence-corrected chi connectivity index (χ1v) is 8.09. The predicted octanol–water partition coefficient (Wildman–Crippen LogP) is 3.25. The highest BCUT2D eigenvalue weighted by Gasteiger charge is 2.28. The van der Waals surface area contributed by atoms with Crippen LogP contribution in [0.5, 0.6) is 0 Å². The van der Waals surface area contributed by atoms with Gasteiger partial charge in [0, 0.05) is 6.61 Å². The minimum absolute atomic E-state index is 0.265. The molecular weight excluding hydrogens is 196 g/mol. The summed E-state index contributed by atoms with van der Waals surface area (Å²) in [5.74, 6) is 0. The molecule has 0 saturated carbocycles. The van der Waals surface area contributed by atoms with Gasteiger partial charge in [-0.3, -0.25) is 4.58 Å². The second kappa shape index (κ2) is 5.85. The Kier molecular flexibility index (Phi) is 5.89. The Labute approximate surface area is 88.9 Å². The Morgan fingerprint density at radius 3 is 2.14 bits per heavy atom. The van der Waals surface area contributed by atoms with E-state index in [9.17, 15) is 0 Å². The summed E-state index contributed by atoms with van der Waals surface area (Å²) in [5.41, 5.74) is -0.265. The van der Waals surface area contributed by atoms with Crippen molar-refractivity contribution >= 4 is 8.56 Å². The van der Waals surface area contributed by atoms with E-state index in [0.29, 0.717) is 0 Å². The van der Waals surface area contributed by atoms with E-state index < -0.39 is 8.56 Å². The van der Waals surface area contributed by atoms with Gasteiger partial charge in [-0.1, -0.05) is 13.3 Å². The molecular formula is C10H24O3Si. The third-order valence-electron chi connectivity index (χ3n) is 1.44. The van der Waals surface area contributed by atoms with Gasteiger partial charge in [-0.05, 0) is 40.3 Å². The van der Waals surface area contributed by atoms with Crippen LogP contribution in [-0.4, -0.2) is 20.8 Å². The van der Waals surface area contributed by atoms with Crippen LogP contribution in [0, 0.1) is 0 Å². The molecule has 0 aromatic carbocycles. The largest absolute Gasteiger partial charge is 0.393 e. The fraction of sp³-hybridized carbons (Fsp3) is 1.00. The van der Waals surface area contributed by atoms with E-state index in [1.54, 1.807) is 0 Å². The summed E-state index contributed by atoms with van der Waals surface area (Å²) in [6.45, 7) is 12.8. The van der Waals surface area contributed by atoms with Crippen molar-refractivity contribution in [3.63, 3.8) is 0 Å². The molecule has 0 spiro atoms. The fourth-order valence-electron chi connectivity index (χ4n) is 0.712. The molecule has 0 N–H and O–H groups in total. The molecule has 0 amide bonds. The minimum Gasteiger partial charge on any atom is -0.393 e. The Bertz CT molecular complexity index is 152. The Balaban J connectivity index is 3.72. The molecule has 0 saturated heterocycles. The molecule has 0 aliphatic rings. The maximum absolute atomic E-state index is 5.66. The molecule has 0 rings (SSSR count). The van der Waals surface area contributed by atoms with E-state index in [2.05, 4.69) is 6.92 Å². The first-order chi connectivity index (χ1) is 6.27. The molecule has 0 aromatic rings. The lowest BCUT2D eigenvalue weighted by Gasteiger charge is -2.26. The summed E-state index contributed by atoms with van der Waals surface area (Å²) in [6.07, 6.45) is 2.22. The van der Waals surface area contributed by atoms with Gasteiger partial charge >= 0.3 is 8.56 Å². The number of unbranched alkanes of at least 4 members (excludes halogenated alkanes) is 1. The first kappa shape index (κ1) is 14.1. The van der Waals surface area contributed by atoms with Gasteiger partial charge in [0.15, 0.2) is 0 Å². The molecule has 0 aromatic heterocycles. The maximum Gasteiger partial charge on any atom is 0.369 e. The second-order valence-electron chi connectivity index (χ2n) is 4.88. The minimum atomic E-state index is -2.07. The summed E-state index contributed by atoms with van der Waals surface area (Å²) in [7, 11) is -2.07. The van der Waals surface area contributed by atoms with Crippen molar-refractivity contribution in [1.82, 2.24) is 0 Å². The van der Waals surface area contributed by atoms with Crippen LogP contribution in [0.2, 0.25) is 13.1 Å². The van der Waals surface area contributed by atoms with Crippen molar-refractivity contribution in [1.29, 1.82) is 0 Å². The van der Waals surface area contributed by atoms with Gasteiger partial charge < -0.3 is 4.43 Å². The smallest absolute Gasteiger partial charge is 0.369 e. The molecule has 14 heavy (non-hydrogen) atoms. The average Bonchev–Trinajstić information content (AvgIpc) is 2.00. The Morgan fingerprint density at radius 1 is 1.14 bits per heavy atom. The summed E-state index contributed by atoms with van der Waals surface area (Å²) >= 11 is 0. The molecule has 0 fully saturated rings. The molecule has 0 aliphatic heterocycles. The first-order valence-electron chi connectivity index (χ1n) is 5.27. The van der Waals surface area contributed by atoms with E-state index in [4.69, 9.17) is 13.9 Å². The molecule has 0 radical (unpaired) electrons. The molecule has 4 heteroatoms. The van der Waals surface area contributed by atoms with Crippen LogP contribution in [0.25, 0.3) is 0 Å². The third-order valence-corrected chi connectivity index (χ3v) is 2.82. The van der Waals surface area contributed by atoms with Crippen LogP contribution < -0.4 is 0 Å². The van der Waals surface area contributed by atoms with Crippen LogP contribution in [0.4, 0.5) is 0 Å². The van der Waals surface area contributed by atoms with Gasteiger partial charge in [-0.2, -0.15) is 0 Å². The zero-order valence-corrected chi connectivity index (χ0v) is 11.3. The summed E-state index contributed by atoms with van der Waals surface area (Å²) in [6, 6.07) is 0. The zero-order chi connectivity index (χ0) is 11.2. The Hall–Kier alpha value is 0.0969. The fourth-order valence-corrected chi connectivity index (χ4v) is 1.85. The average molecular weight is 220 g/mol. The van der Waals surface area contributed by atoms with E-state index in [1.807, 2.05) is 33.9 Å². The Morgan fingerprint density at radius 2 is 1.71 bits per heavy atom. The molecule has 3 nitrogen and oxygen atoms in total. The number of hydrogen-bond acceptors (Lipinski definition) is 3. The third kappa shape index (κ3) is 8.68. The van der Waals surface area contributed by atoms with Crippen molar-refractivity contribution in [2.75, 3.05) is 6.61 Å². The molecule has 0 bridgehead atoms. The van der Waals surface area contributed by atoms with Gasteiger partial charge in [-0.15, -0.1) is 0 Å². The van der Waals surface area contributed by atoms with Crippen molar-refractivity contribution in [3.8, 4) is 0 Å². The molecule has 0 unspecified atom stereocenters. The molecule has 86 valence electrons. The summed E-state index contributed by atoms with van der Waals surface area (Å²) in [5, 5.41) is 0. The van der Waals surface area contributed by atoms with E-state index in [0.717, 1.165) is 19.4 Å². The lowest BCUT2D eigenvalue weighted by atomic mass is 10.2. The SMILES string of the molecule is CCCCO[Si](C)(C)OOC(C)(C)C. The van der Waals surface area contributed by atoms with Crippen molar-refractivity contribution in [2.24, 2.45) is 0 Å². The lowest BCUT2D eigenvalue weighted by molar-refractivity contribution is -0.294. The van der Waals surface area contributed by atoms with E-state index >= 15 is 0 Å². The maximum atomic E-state index is 5.66. The van der Waals surface area contributed by atoms with Crippen LogP contribution in [0.15, 0.2) is 0 Å². The van der Waals surface area contributed by atoms with Gasteiger partial charge in [0.05, 0.1) is 5.60 Å². The molecule has 0 atom stereocenters. The predicted molar refractivity (Wildman–Crippen MR) is 60.3 cm³/mol. The quantitative estimate of drug-likeness (QED) is 0.298. The highest BCUT2D eigenvalue weighted by molar-refractivity contribution is 6.64. The van der Waals surface area contributed by atoms with Gasteiger partial charge in [-0.25, -0.2) is 4.89 Å². The van der Waals surface area contributed by atoms with Crippen LogP contribution in [-0.2, 0) is 13.9 Å². The number of hydrogen-bond donors (Lipinski definition) is 0. The van der Waals surface area contributed by atoms with E-state index in [1.165, 1.54) is 0 Å². The lowest BCUT2D eigenvalue weighted by Crippen LogP contribution is -2.38. The summed E-state index contributed by atoms with van der Waals surface area (Å²) in [4.78, 5) is 5.26. The normalized spacial score (nSPS) is 13.3. The summed E-state index contributed by atoms with van der Waals surface area (Å²) < 4.78 is 11.0. The van der Waals surface area contributed by atoms with Crippen molar-refractivity contribution < 1.29 is 13.9 Å². The molecule has 0 aliphatic carbocycles. The van der Waals surface area contributed by atoms with Gasteiger partial charge in [0.25, 0.3) is 0 Å². The topological polar surface area (TPSA) is 27.7 Å². The molecule has 0 heterocycles. The van der Waals surface area contributed by atoms with Gasteiger partial charge in [0.1, 0.15) is 0 Å². The standard InChI is InChI=1S/C10H24O3Si/c1-7-8-9-11-14(5,6)13-12-10(2,3)4/h7-9H2,1-6H3. The van der Waals surface area contributed by atoms with E-state index in [-0.39, 0.29) is 5.60 Å². The highest BCUT2D eigenvalue weighted by Crippen LogP contribution is 2.14. The van der Waals surface area contributed by atoms with Crippen molar-refractivity contribution in [2.45, 2.75) is 59.2 Å². The van der Waals surface area contributed by atoms with Crippen LogP contribution in [0.3, 0.4) is 0 Å². The van der Waals surface area contributed by atoms with Crippen LogP contribution >= 0.6 is 0 Å². The second-order valence-corrected chi connectivity index (χ2v) is 8.14.